The fraction of sp³-hybridized carbons (Fsp3) is 0.133. The molecule has 1 heterocycles. The standard InChI is InChI=1S/C15H11BrF3N5O2S2/c1-27-14-20-22-23-24(14)11-4-2-3-10(8-11)21-28(25,26)13-6-5-9(16)7-12(13)15(17,18)19/h2-8,21H,1H3. The molecular formula is C15H11BrF3N5O2S2. The number of tetrazole rings is 1. The molecule has 0 bridgehead atoms. The fourth-order valence-corrected chi connectivity index (χ4v) is 4.39. The van der Waals surface area contributed by atoms with E-state index in [2.05, 4.69) is 36.2 Å². The van der Waals surface area contributed by atoms with Crippen LogP contribution in [0.1, 0.15) is 5.56 Å². The summed E-state index contributed by atoms with van der Waals surface area (Å²) in [6, 6.07) is 8.84. The number of sulfonamides is 1. The first-order chi connectivity index (χ1) is 13.1. The smallest absolute Gasteiger partial charge is 0.280 e. The Bertz CT molecular complexity index is 1120. The van der Waals surface area contributed by atoms with Crippen LogP contribution in [0.2, 0.25) is 0 Å². The van der Waals surface area contributed by atoms with E-state index < -0.39 is 26.7 Å². The van der Waals surface area contributed by atoms with E-state index >= 15 is 0 Å². The molecule has 7 nitrogen and oxygen atoms in total. The van der Waals surface area contributed by atoms with Crippen LogP contribution >= 0.6 is 27.7 Å². The molecule has 148 valence electrons. The molecule has 13 heteroatoms. The van der Waals surface area contributed by atoms with E-state index in [1.807, 2.05) is 0 Å². The molecule has 0 fully saturated rings. The topological polar surface area (TPSA) is 89.8 Å². The lowest BCUT2D eigenvalue weighted by molar-refractivity contribution is -0.139. The molecule has 1 N–H and O–H groups in total. The molecule has 3 aromatic rings. The number of thioether (sulfide) groups is 1. The maximum Gasteiger partial charge on any atom is 0.417 e. The Hall–Kier alpha value is -2.12. The van der Waals surface area contributed by atoms with Crippen LogP contribution in [0.3, 0.4) is 0 Å². The molecule has 0 spiro atoms. The zero-order valence-electron chi connectivity index (χ0n) is 14.0. The van der Waals surface area contributed by atoms with Crippen LogP contribution in [-0.2, 0) is 16.2 Å². The van der Waals surface area contributed by atoms with E-state index in [1.165, 1.54) is 40.7 Å². The molecule has 0 aliphatic carbocycles. The summed E-state index contributed by atoms with van der Waals surface area (Å²) in [5.74, 6) is 0. The first kappa shape index (κ1) is 20.6. The number of nitrogens with one attached hydrogen (secondary N) is 1. The first-order valence-corrected chi connectivity index (χ1v) is 10.9. The van der Waals surface area contributed by atoms with Gasteiger partial charge in [0.2, 0.25) is 5.16 Å². The maximum absolute atomic E-state index is 13.3. The maximum atomic E-state index is 13.3. The predicted octanol–water partition coefficient (Wildman–Crippen LogP) is 3.97. The molecule has 1 aromatic heterocycles. The molecule has 2 aromatic carbocycles. The normalized spacial score (nSPS) is 12.2. The van der Waals surface area contributed by atoms with E-state index in [1.54, 1.807) is 12.3 Å². The molecule has 0 saturated carbocycles. The van der Waals surface area contributed by atoms with Gasteiger partial charge in [-0.1, -0.05) is 33.8 Å². The number of rotatable bonds is 5. The lowest BCUT2D eigenvalue weighted by Crippen LogP contribution is -2.19. The third kappa shape index (κ3) is 4.31. The van der Waals surface area contributed by atoms with Gasteiger partial charge in [-0.2, -0.15) is 17.9 Å². The van der Waals surface area contributed by atoms with Gasteiger partial charge in [0.15, 0.2) is 0 Å². The van der Waals surface area contributed by atoms with E-state index in [-0.39, 0.29) is 10.2 Å². The molecule has 0 atom stereocenters. The summed E-state index contributed by atoms with van der Waals surface area (Å²) in [4.78, 5) is -0.874. The third-order valence-electron chi connectivity index (χ3n) is 3.50. The fourth-order valence-electron chi connectivity index (χ4n) is 2.34. The summed E-state index contributed by atoms with van der Waals surface area (Å²) < 4.78 is 68.8. The Labute approximate surface area is 170 Å². The number of nitrogens with zero attached hydrogens (tertiary/aromatic N) is 4. The molecule has 0 unspecified atom stereocenters. The number of alkyl halides is 3. The molecule has 0 amide bonds. The van der Waals surface area contributed by atoms with Gasteiger partial charge in [0.25, 0.3) is 10.0 Å². The Morgan fingerprint density at radius 2 is 1.93 bits per heavy atom. The number of aromatic nitrogens is 4. The first-order valence-electron chi connectivity index (χ1n) is 7.44. The van der Waals surface area contributed by atoms with Crippen molar-refractivity contribution in [2.75, 3.05) is 11.0 Å². The van der Waals surface area contributed by atoms with Gasteiger partial charge in [0.05, 0.1) is 21.8 Å². The Balaban J connectivity index is 2.00. The average molecular weight is 494 g/mol. The zero-order valence-corrected chi connectivity index (χ0v) is 17.2. The predicted molar refractivity (Wildman–Crippen MR) is 101 cm³/mol. The lowest BCUT2D eigenvalue weighted by Gasteiger charge is -2.15. The highest BCUT2D eigenvalue weighted by atomic mass is 79.9. The van der Waals surface area contributed by atoms with E-state index in [0.717, 1.165) is 12.1 Å². The van der Waals surface area contributed by atoms with Crippen LogP contribution in [0.5, 0.6) is 0 Å². The molecule has 28 heavy (non-hydrogen) atoms. The molecular weight excluding hydrogens is 483 g/mol. The highest BCUT2D eigenvalue weighted by molar-refractivity contribution is 9.10. The second-order valence-electron chi connectivity index (χ2n) is 5.37. The minimum absolute atomic E-state index is 0.0658. The number of hydrogen-bond donors (Lipinski definition) is 1. The number of anilines is 1. The number of benzene rings is 2. The summed E-state index contributed by atoms with van der Waals surface area (Å²) in [7, 11) is -4.50. The summed E-state index contributed by atoms with van der Waals surface area (Å²) >= 11 is 4.21. The van der Waals surface area contributed by atoms with Gasteiger partial charge in [-0.15, -0.1) is 5.10 Å². The molecule has 3 rings (SSSR count). The van der Waals surface area contributed by atoms with Gasteiger partial charge >= 0.3 is 6.18 Å². The summed E-state index contributed by atoms with van der Waals surface area (Å²) in [6.45, 7) is 0. The second kappa shape index (κ2) is 7.72. The highest BCUT2D eigenvalue weighted by Crippen LogP contribution is 2.36. The Kier molecular flexibility index (Phi) is 5.68. The van der Waals surface area contributed by atoms with Crippen molar-refractivity contribution in [3.63, 3.8) is 0 Å². The van der Waals surface area contributed by atoms with Gasteiger partial charge in [0, 0.05) is 4.47 Å². The van der Waals surface area contributed by atoms with Gasteiger partial charge in [-0.05, 0) is 53.1 Å². The largest absolute Gasteiger partial charge is 0.417 e. The quantitative estimate of drug-likeness (QED) is 0.541. The number of halogens is 4. The van der Waals surface area contributed by atoms with Crippen molar-refractivity contribution in [1.29, 1.82) is 0 Å². The minimum Gasteiger partial charge on any atom is -0.280 e. The SMILES string of the molecule is CSc1nnnn1-c1cccc(NS(=O)(=O)c2ccc(Br)cc2C(F)(F)F)c1. The minimum atomic E-state index is -4.84. The van der Waals surface area contributed by atoms with Crippen molar-refractivity contribution >= 4 is 43.4 Å². The molecule has 0 radical (unpaired) electrons. The van der Waals surface area contributed by atoms with Crippen molar-refractivity contribution in [2.45, 2.75) is 16.2 Å². The Morgan fingerprint density at radius 3 is 2.61 bits per heavy atom. The van der Waals surface area contributed by atoms with Crippen molar-refractivity contribution in [3.8, 4) is 5.69 Å². The van der Waals surface area contributed by atoms with Crippen molar-refractivity contribution < 1.29 is 21.6 Å². The van der Waals surface area contributed by atoms with Crippen LogP contribution < -0.4 is 4.72 Å². The van der Waals surface area contributed by atoms with Crippen LogP contribution in [0.25, 0.3) is 5.69 Å². The summed E-state index contributed by atoms with van der Waals surface area (Å²) in [5.41, 5.74) is -0.756. The number of hydrogen-bond acceptors (Lipinski definition) is 6. The summed E-state index contributed by atoms with van der Waals surface area (Å²) in [5, 5.41) is 11.6. The van der Waals surface area contributed by atoms with Crippen LogP contribution in [0.4, 0.5) is 18.9 Å². The Morgan fingerprint density at radius 1 is 1.18 bits per heavy atom. The van der Waals surface area contributed by atoms with Crippen LogP contribution in [0, 0.1) is 0 Å². The van der Waals surface area contributed by atoms with Gasteiger partial charge in [0.1, 0.15) is 0 Å². The van der Waals surface area contributed by atoms with Gasteiger partial charge in [-0.25, -0.2) is 8.42 Å². The second-order valence-corrected chi connectivity index (χ2v) is 8.71. The van der Waals surface area contributed by atoms with E-state index in [0.29, 0.717) is 10.8 Å². The average Bonchev–Trinajstić information content (AvgIpc) is 3.09. The van der Waals surface area contributed by atoms with Crippen molar-refractivity contribution in [2.24, 2.45) is 0 Å². The third-order valence-corrected chi connectivity index (χ3v) is 6.06. The van der Waals surface area contributed by atoms with Gasteiger partial charge in [-0.3, -0.25) is 4.72 Å². The summed E-state index contributed by atoms with van der Waals surface area (Å²) in [6.07, 6.45) is -3.07. The van der Waals surface area contributed by atoms with Crippen LogP contribution in [0.15, 0.2) is 57.0 Å². The molecule has 0 saturated heterocycles. The van der Waals surface area contributed by atoms with E-state index in [4.69, 9.17) is 0 Å². The lowest BCUT2D eigenvalue weighted by atomic mass is 10.2. The van der Waals surface area contributed by atoms with E-state index in [9.17, 15) is 21.6 Å². The monoisotopic (exact) mass is 493 g/mol. The van der Waals surface area contributed by atoms with Crippen molar-refractivity contribution in [1.82, 2.24) is 20.2 Å². The molecule has 0 aliphatic heterocycles. The van der Waals surface area contributed by atoms with Crippen LogP contribution in [-0.4, -0.2) is 34.9 Å². The zero-order chi connectivity index (χ0) is 20.5. The highest BCUT2D eigenvalue weighted by Gasteiger charge is 2.37. The van der Waals surface area contributed by atoms with Gasteiger partial charge < -0.3 is 0 Å². The molecule has 0 aliphatic rings. The van der Waals surface area contributed by atoms with Crippen molar-refractivity contribution in [3.05, 3.63) is 52.5 Å².